The number of carbonyl (C=O) groups is 1. The second-order valence-corrected chi connectivity index (χ2v) is 6.21. The maximum atomic E-state index is 11.9. The molecule has 0 aromatic rings. The van der Waals surface area contributed by atoms with Crippen molar-refractivity contribution < 1.29 is 9.53 Å². The Labute approximate surface area is 128 Å². The van der Waals surface area contributed by atoms with Gasteiger partial charge in [0, 0.05) is 45.2 Å². The Balaban J connectivity index is 1.46. The SMILES string of the molecule is O=C(CCNCCN1CCOCC1)NC1CCCCCC1. The quantitative estimate of drug-likeness (QED) is 0.546. The maximum Gasteiger partial charge on any atom is 0.221 e. The van der Waals surface area contributed by atoms with Crippen LogP contribution in [0.5, 0.6) is 0 Å². The Morgan fingerprint density at radius 2 is 1.76 bits per heavy atom. The van der Waals surface area contributed by atoms with E-state index in [1.165, 1.54) is 25.7 Å². The van der Waals surface area contributed by atoms with E-state index in [4.69, 9.17) is 4.74 Å². The van der Waals surface area contributed by atoms with Crippen LogP contribution in [0.4, 0.5) is 0 Å². The van der Waals surface area contributed by atoms with Crippen LogP contribution >= 0.6 is 0 Å². The van der Waals surface area contributed by atoms with Crippen LogP contribution in [0, 0.1) is 0 Å². The molecule has 0 bridgehead atoms. The number of hydrogen-bond acceptors (Lipinski definition) is 4. The highest BCUT2D eigenvalue weighted by molar-refractivity contribution is 5.76. The molecule has 1 amide bonds. The van der Waals surface area contributed by atoms with Crippen LogP contribution < -0.4 is 10.6 Å². The molecule has 5 nitrogen and oxygen atoms in total. The van der Waals surface area contributed by atoms with Crippen molar-refractivity contribution in [3.63, 3.8) is 0 Å². The fraction of sp³-hybridized carbons (Fsp3) is 0.938. The van der Waals surface area contributed by atoms with Crippen molar-refractivity contribution in [3.8, 4) is 0 Å². The van der Waals surface area contributed by atoms with Crippen LogP contribution in [0.1, 0.15) is 44.9 Å². The summed E-state index contributed by atoms with van der Waals surface area (Å²) in [6, 6.07) is 0.424. The number of nitrogens with one attached hydrogen (secondary N) is 2. The summed E-state index contributed by atoms with van der Waals surface area (Å²) in [7, 11) is 0. The molecule has 122 valence electrons. The molecule has 5 heteroatoms. The van der Waals surface area contributed by atoms with Gasteiger partial charge in [0.1, 0.15) is 0 Å². The van der Waals surface area contributed by atoms with E-state index < -0.39 is 0 Å². The van der Waals surface area contributed by atoms with Gasteiger partial charge < -0.3 is 15.4 Å². The smallest absolute Gasteiger partial charge is 0.221 e. The van der Waals surface area contributed by atoms with Gasteiger partial charge in [0.05, 0.1) is 13.2 Å². The number of rotatable bonds is 7. The third kappa shape index (κ3) is 7.25. The van der Waals surface area contributed by atoms with Gasteiger partial charge in [-0.3, -0.25) is 9.69 Å². The predicted molar refractivity (Wildman–Crippen MR) is 84.4 cm³/mol. The zero-order chi connectivity index (χ0) is 14.8. The Morgan fingerprint density at radius 3 is 2.48 bits per heavy atom. The standard InChI is InChI=1S/C16H31N3O2/c20-16(18-15-5-3-1-2-4-6-15)7-8-17-9-10-19-11-13-21-14-12-19/h15,17H,1-14H2,(H,18,20). The topological polar surface area (TPSA) is 53.6 Å². The van der Waals surface area contributed by atoms with Crippen molar-refractivity contribution in [2.24, 2.45) is 0 Å². The van der Waals surface area contributed by atoms with E-state index >= 15 is 0 Å². The first-order chi connectivity index (χ1) is 10.3. The number of ether oxygens (including phenoxy) is 1. The molecule has 2 aliphatic rings. The maximum absolute atomic E-state index is 11.9. The van der Waals surface area contributed by atoms with Crippen molar-refractivity contribution in [2.45, 2.75) is 51.0 Å². The van der Waals surface area contributed by atoms with Crippen LogP contribution in [-0.4, -0.2) is 62.8 Å². The zero-order valence-corrected chi connectivity index (χ0v) is 13.2. The Morgan fingerprint density at radius 1 is 1.05 bits per heavy atom. The van der Waals surface area contributed by atoms with Crippen molar-refractivity contribution in [1.82, 2.24) is 15.5 Å². The summed E-state index contributed by atoms with van der Waals surface area (Å²) < 4.78 is 5.32. The molecule has 2 fully saturated rings. The first-order valence-corrected chi connectivity index (χ1v) is 8.65. The number of amides is 1. The zero-order valence-electron chi connectivity index (χ0n) is 13.2. The summed E-state index contributed by atoms with van der Waals surface area (Å²) in [5.74, 6) is 0.209. The molecule has 1 aliphatic carbocycles. The highest BCUT2D eigenvalue weighted by Gasteiger charge is 2.14. The fourth-order valence-corrected chi connectivity index (χ4v) is 3.11. The molecule has 1 saturated carbocycles. The Bertz CT molecular complexity index is 285. The molecule has 1 heterocycles. The Hall–Kier alpha value is -0.650. The van der Waals surface area contributed by atoms with E-state index in [0.29, 0.717) is 12.5 Å². The lowest BCUT2D eigenvalue weighted by molar-refractivity contribution is -0.121. The van der Waals surface area contributed by atoms with Gasteiger partial charge in [0.15, 0.2) is 0 Å². The molecule has 1 aliphatic heterocycles. The second-order valence-electron chi connectivity index (χ2n) is 6.21. The van der Waals surface area contributed by atoms with E-state index in [9.17, 15) is 4.79 Å². The minimum atomic E-state index is 0.209. The van der Waals surface area contributed by atoms with Crippen LogP contribution in [0.3, 0.4) is 0 Å². The summed E-state index contributed by atoms with van der Waals surface area (Å²) >= 11 is 0. The highest BCUT2D eigenvalue weighted by Crippen LogP contribution is 2.17. The van der Waals surface area contributed by atoms with Gasteiger partial charge in [0.25, 0.3) is 0 Å². The van der Waals surface area contributed by atoms with Gasteiger partial charge in [0.2, 0.25) is 5.91 Å². The summed E-state index contributed by atoms with van der Waals surface area (Å²) in [5.41, 5.74) is 0. The first kappa shape index (κ1) is 16.7. The van der Waals surface area contributed by atoms with Gasteiger partial charge in [-0.2, -0.15) is 0 Å². The normalized spacial score (nSPS) is 21.9. The van der Waals surface area contributed by atoms with Crippen LogP contribution in [0.25, 0.3) is 0 Å². The predicted octanol–water partition coefficient (Wildman–Crippen LogP) is 1.14. The molecule has 0 atom stereocenters. The van der Waals surface area contributed by atoms with Gasteiger partial charge in [-0.05, 0) is 12.8 Å². The molecular formula is C16H31N3O2. The van der Waals surface area contributed by atoms with Crippen LogP contribution in [0.2, 0.25) is 0 Å². The minimum absolute atomic E-state index is 0.209. The molecule has 0 radical (unpaired) electrons. The lowest BCUT2D eigenvalue weighted by atomic mass is 10.1. The summed E-state index contributed by atoms with van der Waals surface area (Å²) in [6.07, 6.45) is 8.11. The molecule has 0 spiro atoms. The first-order valence-electron chi connectivity index (χ1n) is 8.65. The molecule has 2 rings (SSSR count). The van der Waals surface area contributed by atoms with E-state index in [2.05, 4.69) is 15.5 Å². The number of carbonyl (C=O) groups excluding carboxylic acids is 1. The van der Waals surface area contributed by atoms with Crippen LogP contribution in [0.15, 0.2) is 0 Å². The molecule has 0 unspecified atom stereocenters. The number of hydrogen-bond donors (Lipinski definition) is 2. The highest BCUT2D eigenvalue weighted by atomic mass is 16.5. The monoisotopic (exact) mass is 297 g/mol. The third-order valence-electron chi connectivity index (χ3n) is 4.46. The van der Waals surface area contributed by atoms with Gasteiger partial charge in [-0.1, -0.05) is 25.7 Å². The molecule has 1 saturated heterocycles. The van der Waals surface area contributed by atoms with Gasteiger partial charge in [-0.15, -0.1) is 0 Å². The summed E-state index contributed by atoms with van der Waals surface area (Å²) in [4.78, 5) is 14.3. The molecule has 0 aromatic heterocycles. The molecule has 21 heavy (non-hydrogen) atoms. The Kier molecular flexibility index (Phi) is 8.07. The fourth-order valence-electron chi connectivity index (χ4n) is 3.11. The van der Waals surface area contributed by atoms with E-state index in [1.807, 2.05) is 0 Å². The lowest BCUT2D eigenvalue weighted by Gasteiger charge is -2.26. The number of nitrogens with zero attached hydrogens (tertiary/aromatic N) is 1. The summed E-state index contributed by atoms with van der Waals surface area (Å²) in [6.45, 7) is 6.55. The number of morpholine rings is 1. The lowest BCUT2D eigenvalue weighted by Crippen LogP contribution is -2.41. The molecule has 0 aromatic carbocycles. The van der Waals surface area contributed by atoms with Crippen molar-refractivity contribution >= 4 is 5.91 Å². The van der Waals surface area contributed by atoms with Crippen LogP contribution in [-0.2, 0) is 9.53 Å². The third-order valence-corrected chi connectivity index (χ3v) is 4.46. The van der Waals surface area contributed by atoms with Gasteiger partial charge >= 0.3 is 0 Å². The second kappa shape index (κ2) is 10.1. The molecule has 2 N–H and O–H groups in total. The van der Waals surface area contributed by atoms with E-state index in [1.54, 1.807) is 0 Å². The minimum Gasteiger partial charge on any atom is -0.379 e. The molecular weight excluding hydrogens is 266 g/mol. The van der Waals surface area contributed by atoms with Crippen molar-refractivity contribution in [1.29, 1.82) is 0 Å². The van der Waals surface area contributed by atoms with Crippen molar-refractivity contribution in [2.75, 3.05) is 45.9 Å². The average molecular weight is 297 g/mol. The average Bonchev–Trinajstić information content (AvgIpc) is 2.76. The van der Waals surface area contributed by atoms with Crippen molar-refractivity contribution in [3.05, 3.63) is 0 Å². The van der Waals surface area contributed by atoms with Gasteiger partial charge in [-0.25, -0.2) is 0 Å². The van der Waals surface area contributed by atoms with E-state index in [-0.39, 0.29) is 5.91 Å². The van der Waals surface area contributed by atoms with E-state index in [0.717, 1.165) is 58.8 Å². The largest absolute Gasteiger partial charge is 0.379 e. The summed E-state index contributed by atoms with van der Waals surface area (Å²) in [5, 5.41) is 6.56.